The Morgan fingerprint density at radius 2 is 2.00 bits per heavy atom. The smallest absolute Gasteiger partial charge is 0.224 e. The molecular weight excluding hydrogens is 248 g/mol. The van der Waals surface area contributed by atoms with Crippen molar-refractivity contribution in [1.82, 2.24) is 9.97 Å². The minimum absolute atomic E-state index is 0.682. The van der Waals surface area contributed by atoms with Crippen LogP contribution >= 0.6 is 0 Å². The number of nitrogens with one attached hydrogen (secondary N) is 1. The zero-order valence-electron chi connectivity index (χ0n) is 12.1. The van der Waals surface area contributed by atoms with Crippen LogP contribution in [-0.4, -0.2) is 23.6 Å². The van der Waals surface area contributed by atoms with Crippen molar-refractivity contribution in [2.24, 2.45) is 0 Å². The molecule has 3 rings (SSSR count). The van der Waals surface area contributed by atoms with Crippen molar-refractivity contribution >= 4 is 17.5 Å². The Labute approximate surface area is 119 Å². The summed E-state index contributed by atoms with van der Waals surface area (Å²) in [6.45, 7) is 3.02. The molecule has 2 aromatic rings. The molecule has 1 aromatic heterocycles. The molecule has 1 aliphatic rings. The van der Waals surface area contributed by atoms with Crippen molar-refractivity contribution < 1.29 is 0 Å². The zero-order valence-corrected chi connectivity index (χ0v) is 12.1. The van der Waals surface area contributed by atoms with Gasteiger partial charge in [0, 0.05) is 31.0 Å². The van der Waals surface area contributed by atoms with Gasteiger partial charge in [-0.15, -0.1) is 0 Å². The molecule has 0 bridgehead atoms. The molecule has 0 unspecified atom stereocenters. The van der Waals surface area contributed by atoms with E-state index in [0.29, 0.717) is 5.95 Å². The van der Waals surface area contributed by atoms with Crippen molar-refractivity contribution in [2.75, 3.05) is 23.8 Å². The predicted molar refractivity (Wildman–Crippen MR) is 82.7 cm³/mol. The van der Waals surface area contributed by atoms with E-state index in [2.05, 4.69) is 50.5 Å². The van der Waals surface area contributed by atoms with Crippen LogP contribution in [0.15, 0.2) is 30.3 Å². The molecule has 0 saturated heterocycles. The highest BCUT2D eigenvalue weighted by molar-refractivity contribution is 5.65. The fraction of sp³-hybridized carbons (Fsp3) is 0.375. The van der Waals surface area contributed by atoms with Gasteiger partial charge in [0.1, 0.15) is 5.82 Å². The molecule has 0 radical (unpaired) electrons. The van der Waals surface area contributed by atoms with Crippen molar-refractivity contribution in [3.63, 3.8) is 0 Å². The van der Waals surface area contributed by atoms with Gasteiger partial charge >= 0.3 is 0 Å². The molecule has 4 nitrogen and oxygen atoms in total. The topological polar surface area (TPSA) is 41.1 Å². The van der Waals surface area contributed by atoms with Crippen LogP contribution < -0.4 is 10.2 Å². The first-order valence-corrected chi connectivity index (χ1v) is 7.17. The molecule has 1 N–H and O–H groups in total. The monoisotopic (exact) mass is 268 g/mol. The minimum Gasteiger partial charge on any atom is -0.357 e. The first-order valence-electron chi connectivity index (χ1n) is 7.17. The largest absolute Gasteiger partial charge is 0.357 e. The SMILES string of the molecule is CNc1nc(C)cc(N2CCCCc3ccccc32)n1. The van der Waals surface area contributed by atoms with Crippen molar-refractivity contribution in [3.8, 4) is 0 Å². The number of fused-ring (bicyclic) bond motifs is 1. The van der Waals surface area contributed by atoms with Gasteiger partial charge < -0.3 is 10.2 Å². The molecule has 0 atom stereocenters. The lowest BCUT2D eigenvalue weighted by molar-refractivity contribution is 0.757. The summed E-state index contributed by atoms with van der Waals surface area (Å²) in [4.78, 5) is 11.3. The minimum atomic E-state index is 0.682. The van der Waals surface area contributed by atoms with E-state index in [0.717, 1.165) is 24.5 Å². The predicted octanol–water partition coefficient (Wildman–Crippen LogP) is 3.30. The summed E-state index contributed by atoms with van der Waals surface area (Å²) in [6.07, 6.45) is 3.57. The lowest BCUT2D eigenvalue weighted by Crippen LogP contribution is -2.20. The average molecular weight is 268 g/mol. The summed E-state index contributed by atoms with van der Waals surface area (Å²) >= 11 is 0. The van der Waals surface area contributed by atoms with Gasteiger partial charge in [-0.05, 0) is 37.8 Å². The second-order valence-corrected chi connectivity index (χ2v) is 5.18. The Kier molecular flexibility index (Phi) is 3.54. The maximum Gasteiger partial charge on any atom is 0.224 e. The molecule has 1 aliphatic heterocycles. The molecular formula is C16H20N4. The average Bonchev–Trinajstić information content (AvgIpc) is 2.69. The number of para-hydroxylation sites is 1. The molecule has 104 valence electrons. The van der Waals surface area contributed by atoms with Gasteiger partial charge in [0.05, 0.1) is 0 Å². The lowest BCUT2D eigenvalue weighted by Gasteiger charge is -2.24. The van der Waals surface area contributed by atoms with Crippen LogP contribution in [0, 0.1) is 6.92 Å². The van der Waals surface area contributed by atoms with Crippen molar-refractivity contribution in [3.05, 3.63) is 41.6 Å². The lowest BCUT2D eigenvalue weighted by atomic mass is 10.1. The van der Waals surface area contributed by atoms with Crippen LogP contribution in [0.3, 0.4) is 0 Å². The third-order valence-electron chi connectivity index (χ3n) is 3.70. The van der Waals surface area contributed by atoms with Gasteiger partial charge in [0.25, 0.3) is 0 Å². The zero-order chi connectivity index (χ0) is 13.9. The Bertz CT molecular complexity index is 609. The number of benzene rings is 1. The second kappa shape index (κ2) is 5.49. The normalized spacial score (nSPS) is 14.6. The van der Waals surface area contributed by atoms with Crippen LogP contribution in [0.2, 0.25) is 0 Å². The van der Waals surface area contributed by atoms with E-state index in [-0.39, 0.29) is 0 Å². The van der Waals surface area contributed by atoms with Crippen LogP contribution in [0.5, 0.6) is 0 Å². The Morgan fingerprint density at radius 1 is 1.15 bits per heavy atom. The molecule has 0 fully saturated rings. The van der Waals surface area contributed by atoms with Gasteiger partial charge in [-0.1, -0.05) is 18.2 Å². The fourth-order valence-corrected chi connectivity index (χ4v) is 2.73. The first-order chi connectivity index (χ1) is 9.78. The highest BCUT2D eigenvalue weighted by atomic mass is 15.2. The van der Waals surface area contributed by atoms with E-state index in [1.54, 1.807) is 0 Å². The molecule has 2 heterocycles. The van der Waals surface area contributed by atoms with Gasteiger partial charge in [0.2, 0.25) is 5.95 Å². The van der Waals surface area contributed by atoms with Crippen LogP contribution in [-0.2, 0) is 6.42 Å². The first kappa shape index (κ1) is 12.9. The molecule has 0 amide bonds. The summed E-state index contributed by atoms with van der Waals surface area (Å²) in [5, 5.41) is 3.04. The quantitative estimate of drug-likeness (QED) is 0.907. The third kappa shape index (κ3) is 2.46. The van der Waals surface area contributed by atoms with Gasteiger partial charge in [-0.25, -0.2) is 4.98 Å². The molecule has 20 heavy (non-hydrogen) atoms. The number of aryl methyl sites for hydroxylation is 2. The third-order valence-corrected chi connectivity index (χ3v) is 3.70. The van der Waals surface area contributed by atoms with Gasteiger partial charge in [-0.2, -0.15) is 4.98 Å². The molecule has 0 aliphatic carbocycles. The van der Waals surface area contributed by atoms with E-state index in [1.165, 1.54) is 24.1 Å². The Balaban J connectivity index is 2.07. The summed E-state index contributed by atoms with van der Waals surface area (Å²) in [6, 6.07) is 10.7. The van der Waals surface area contributed by atoms with E-state index in [1.807, 2.05) is 14.0 Å². The Morgan fingerprint density at radius 3 is 2.85 bits per heavy atom. The number of nitrogens with zero attached hydrogens (tertiary/aromatic N) is 3. The summed E-state index contributed by atoms with van der Waals surface area (Å²) < 4.78 is 0. The summed E-state index contributed by atoms with van der Waals surface area (Å²) in [5.41, 5.74) is 3.68. The van der Waals surface area contributed by atoms with Crippen LogP contribution in [0.4, 0.5) is 17.5 Å². The van der Waals surface area contributed by atoms with E-state index in [4.69, 9.17) is 0 Å². The highest BCUT2D eigenvalue weighted by Gasteiger charge is 2.18. The summed E-state index contributed by atoms with van der Waals surface area (Å²) in [7, 11) is 1.86. The maximum atomic E-state index is 4.62. The maximum absolute atomic E-state index is 4.62. The molecule has 0 saturated carbocycles. The van der Waals surface area contributed by atoms with Crippen molar-refractivity contribution in [2.45, 2.75) is 26.2 Å². The second-order valence-electron chi connectivity index (χ2n) is 5.18. The highest BCUT2D eigenvalue weighted by Crippen LogP contribution is 2.31. The number of rotatable bonds is 2. The van der Waals surface area contributed by atoms with Crippen molar-refractivity contribution in [1.29, 1.82) is 0 Å². The fourth-order valence-electron chi connectivity index (χ4n) is 2.73. The molecule has 4 heteroatoms. The van der Waals surface area contributed by atoms with E-state index in [9.17, 15) is 0 Å². The standard InChI is InChI=1S/C16H20N4/c1-12-11-15(19-16(17-2)18-12)20-10-6-5-8-13-7-3-4-9-14(13)20/h3-4,7,9,11H,5-6,8,10H2,1-2H3,(H,17,18,19). The Hall–Kier alpha value is -2.10. The number of hydrogen-bond acceptors (Lipinski definition) is 4. The number of anilines is 3. The van der Waals surface area contributed by atoms with Crippen LogP contribution in [0.1, 0.15) is 24.1 Å². The molecule has 0 spiro atoms. The number of hydrogen-bond donors (Lipinski definition) is 1. The van der Waals surface area contributed by atoms with E-state index >= 15 is 0 Å². The van der Waals surface area contributed by atoms with Gasteiger partial charge in [-0.3, -0.25) is 0 Å². The number of aromatic nitrogens is 2. The van der Waals surface area contributed by atoms with Gasteiger partial charge in [0.15, 0.2) is 0 Å². The molecule has 1 aromatic carbocycles. The van der Waals surface area contributed by atoms with Crippen LogP contribution in [0.25, 0.3) is 0 Å². The van der Waals surface area contributed by atoms with E-state index < -0.39 is 0 Å². The summed E-state index contributed by atoms with van der Waals surface area (Å²) in [5.74, 6) is 1.66.